The van der Waals surface area contributed by atoms with Crippen molar-refractivity contribution in [3.63, 3.8) is 0 Å². The minimum Gasteiger partial charge on any atom is -0.316 e. The van der Waals surface area contributed by atoms with Crippen molar-refractivity contribution < 1.29 is 0 Å². The van der Waals surface area contributed by atoms with Crippen LogP contribution in [0.3, 0.4) is 0 Å². The Morgan fingerprint density at radius 2 is 1.82 bits per heavy atom. The molecule has 0 radical (unpaired) electrons. The highest BCUT2D eigenvalue weighted by atomic mass is 14.9. The molecule has 0 aromatic heterocycles. The fourth-order valence-electron chi connectivity index (χ4n) is 3.38. The standard InChI is InChI=1S/C15H30N2/c1-15(2,13-7-6-10-16-11-13)12-17-14-8-4-3-5-9-14/h13-14,16-17H,3-12H2,1-2H3. The average Bonchev–Trinajstić information content (AvgIpc) is 2.39. The van der Waals surface area contributed by atoms with E-state index in [1.807, 2.05) is 0 Å². The van der Waals surface area contributed by atoms with Crippen molar-refractivity contribution in [2.45, 2.75) is 64.8 Å². The topological polar surface area (TPSA) is 24.1 Å². The maximum atomic E-state index is 3.83. The third-order valence-electron chi connectivity index (χ3n) is 4.85. The summed E-state index contributed by atoms with van der Waals surface area (Å²) >= 11 is 0. The molecule has 1 unspecified atom stereocenters. The van der Waals surface area contributed by atoms with Crippen LogP contribution in [0.25, 0.3) is 0 Å². The van der Waals surface area contributed by atoms with Crippen LogP contribution in [0.15, 0.2) is 0 Å². The van der Waals surface area contributed by atoms with Crippen molar-refractivity contribution in [3.05, 3.63) is 0 Å². The lowest BCUT2D eigenvalue weighted by Gasteiger charge is -2.39. The Bertz CT molecular complexity index is 213. The molecule has 2 N–H and O–H groups in total. The van der Waals surface area contributed by atoms with Gasteiger partial charge in [0.05, 0.1) is 0 Å². The Balaban J connectivity index is 1.75. The summed E-state index contributed by atoms with van der Waals surface area (Å²) < 4.78 is 0. The molecule has 0 bridgehead atoms. The third-order valence-corrected chi connectivity index (χ3v) is 4.85. The Labute approximate surface area is 107 Å². The SMILES string of the molecule is CC(C)(CNC1CCCCC1)C1CCCNC1. The summed E-state index contributed by atoms with van der Waals surface area (Å²) in [7, 11) is 0. The first-order valence-electron chi connectivity index (χ1n) is 7.62. The second-order valence-corrected chi connectivity index (χ2v) is 6.75. The van der Waals surface area contributed by atoms with Gasteiger partial charge in [0, 0.05) is 12.6 Å². The van der Waals surface area contributed by atoms with Gasteiger partial charge >= 0.3 is 0 Å². The number of rotatable bonds is 4. The van der Waals surface area contributed by atoms with E-state index in [2.05, 4.69) is 24.5 Å². The van der Waals surface area contributed by atoms with Crippen molar-refractivity contribution in [2.24, 2.45) is 11.3 Å². The molecule has 1 saturated heterocycles. The van der Waals surface area contributed by atoms with Crippen LogP contribution in [-0.4, -0.2) is 25.7 Å². The Kier molecular flexibility index (Phi) is 4.87. The fourth-order valence-corrected chi connectivity index (χ4v) is 3.38. The number of piperidine rings is 1. The fraction of sp³-hybridized carbons (Fsp3) is 1.00. The van der Waals surface area contributed by atoms with Crippen molar-refractivity contribution >= 4 is 0 Å². The predicted octanol–water partition coefficient (Wildman–Crippen LogP) is 2.93. The van der Waals surface area contributed by atoms with Crippen LogP contribution in [0.4, 0.5) is 0 Å². The maximum Gasteiger partial charge on any atom is 0.00672 e. The lowest BCUT2D eigenvalue weighted by atomic mass is 9.74. The highest BCUT2D eigenvalue weighted by Crippen LogP contribution is 2.31. The second-order valence-electron chi connectivity index (χ2n) is 6.75. The van der Waals surface area contributed by atoms with E-state index in [-0.39, 0.29) is 0 Å². The molecule has 17 heavy (non-hydrogen) atoms. The van der Waals surface area contributed by atoms with E-state index in [0.717, 1.165) is 12.0 Å². The Morgan fingerprint density at radius 3 is 2.47 bits per heavy atom. The van der Waals surface area contributed by atoms with Gasteiger partial charge in [-0.15, -0.1) is 0 Å². The molecule has 0 amide bonds. The van der Waals surface area contributed by atoms with Gasteiger partial charge in [0.1, 0.15) is 0 Å². The lowest BCUT2D eigenvalue weighted by molar-refractivity contribution is 0.157. The first-order valence-corrected chi connectivity index (χ1v) is 7.62. The summed E-state index contributed by atoms with van der Waals surface area (Å²) in [6.45, 7) is 8.53. The molecule has 2 heteroatoms. The van der Waals surface area contributed by atoms with Crippen molar-refractivity contribution in [3.8, 4) is 0 Å². The zero-order chi connectivity index (χ0) is 12.1. The minimum absolute atomic E-state index is 0.449. The molecule has 2 aliphatic rings. The summed E-state index contributed by atoms with van der Waals surface area (Å²) in [6, 6.07) is 0.805. The van der Waals surface area contributed by atoms with Crippen molar-refractivity contribution in [1.82, 2.24) is 10.6 Å². The molecule has 1 heterocycles. The molecule has 2 rings (SSSR count). The van der Waals surface area contributed by atoms with E-state index in [4.69, 9.17) is 0 Å². The normalized spacial score (nSPS) is 28.2. The smallest absolute Gasteiger partial charge is 0.00672 e. The van der Waals surface area contributed by atoms with Crippen LogP contribution in [0.5, 0.6) is 0 Å². The van der Waals surface area contributed by atoms with E-state index < -0.39 is 0 Å². The first-order chi connectivity index (χ1) is 8.18. The van der Waals surface area contributed by atoms with E-state index in [1.165, 1.54) is 64.6 Å². The van der Waals surface area contributed by atoms with Crippen LogP contribution in [0.2, 0.25) is 0 Å². The van der Waals surface area contributed by atoms with Crippen LogP contribution >= 0.6 is 0 Å². The molecular weight excluding hydrogens is 208 g/mol. The molecule has 0 aromatic carbocycles. The number of hydrogen-bond acceptors (Lipinski definition) is 2. The van der Waals surface area contributed by atoms with E-state index in [0.29, 0.717) is 5.41 Å². The molecule has 1 saturated carbocycles. The van der Waals surface area contributed by atoms with Crippen LogP contribution in [0, 0.1) is 11.3 Å². The van der Waals surface area contributed by atoms with Gasteiger partial charge in [-0.1, -0.05) is 33.1 Å². The summed E-state index contributed by atoms with van der Waals surface area (Å²) in [4.78, 5) is 0. The van der Waals surface area contributed by atoms with E-state index in [9.17, 15) is 0 Å². The lowest BCUT2D eigenvalue weighted by Crippen LogP contribution is -2.46. The van der Waals surface area contributed by atoms with Gasteiger partial charge in [0.2, 0.25) is 0 Å². The van der Waals surface area contributed by atoms with Gasteiger partial charge in [-0.05, 0) is 50.1 Å². The Hall–Kier alpha value is -0.0800. The molecule has 0 spiro atoms. The van der Waals surface area contributed by atoms with Crippen LogP contribution < -0.4 is 10.6 Å². The quantitative estimate of drug-likeness (QED) is 0.787. The molecule has 2 nitrogen and oxygen atoms in total. The van der Waals surface area contributed by atoms with Gasteiger partial charge in [0.25, 0.3) is 0 Å². The van der Waals surface area contributed by atoms with Crippen molar-refractivity contribution in [2.75, 3.05) is 19.6 Å². The first kappa shape index (κ1) is 13.4. The van der Waals surface area contributed by atoms with Gasteiger partial charge in [-0.3, -0.25) is 0 Å². The van der Waals surface area contributed by atoms with Crippen LogP contribution in [-0.2, 0) is 0 Å². The molecule has 100 valence electrons. The second kappa shape index (κ2) is 6.19. The number of nitrogens with one attached hydrogen (secondary N) is 2. The third kappa shape index (κ3) is 3.96. The summed E-state index contributed by atoms with van der Waals surface area (Å²) in [5.41, 5.74) is 0.449. The average molecular weight is 238 g/mol. The molecule has 1 atom stereocenters. The number of hydrogen-bond donors (Lipinski definition) is 2. The molecule has 1 aliphatic carbocycles. The maximum absolute atomic E-state index is 3.83. The van der Waals surface area contributed by atoms with Gasteiger partial charge in [-0.25, -0.2) is 0 Å². The zero-order valence-corrected chi connectivity index (χ0v) is 11.7. The minimum atomic E-state index is 0.449. The zero-order valence-electron chi connectivity index (χ0n) is 11.7. The van der Waals surface area contributed by atoms with Crippen molar-refractivity contribution in [1.29, 1.82) is 0 Å². The van der Waals surface area contributed by atoms with Gasteiger partial charge < -0.3 is 10.6 Å². The van der Waals surface area contributed by atoms with Crippen LogP contribution in [0.1, 0.15) is 58.8 Å². The Morgan fingerprint density at radius 1 is 1.06 bits per heavy atom. The molecule has 2 fully saturated rings. The highest BCUT2D eigenvalue weighted by Gasteiger charge is 2.31. The summed E-state index contributed by atoms with van der Waals surface area (Å²) in [5.74, 6) is 0.854. The van der Waals surface area contributed by atoms with E-state index >= 15 is 0 Å². The largest absolute Gasteiger partial charge is 0.316 e. The monoisotopic (exact) mass is 238 g/mol. The summed E-state index contributed by atoms with van der Waals surface area (Å²) in [5, 5.41) is 7.38. The molecule has 0 aromatic rings. The molecule has 1 aliphatic heterocycles. The molecular formula is C15H30N2. The van der Waals surface area contributed by atoms with Gasteiger partial charge in [0.15, 0.2) is 0 Å². The van der Waals surface area contributed by atoms with Gasteiger partial charge in [-0.2, -0.15) is 0 Å². The highest BCUT2D eigenvalue weighted by molar-refractivity contribution is 4.86. The summed E-state index contributed by atoms with van der Waals surface area (Å²) in [6.07, 6.45) is 9.89. The van der Waals surface area contributed by atoms with E-state index in [1.54, 1.807) is 0 Å². The predicted molar refractivity (Wildman–Crippen MR) is 74.3 cm³/mol.